The summed E-state index contributed by atoms with van der Waals surface area (Å²) in [5, 5.41) is 0.970. The highest BCUT2D eigenvalue weighted by Gasteiger charge is 2.12. The van der Waals surface area contributed by atoms with Gasteiger partial charge in [-0.2, -0.15) is 0 Å². The number of aromatic nitrogens is 1. The van der Waals surface area contributed by atoms with Crippen LogP contribution in [0.15, 0.2) is 48.7 Å². The molecule has 0 saturated carbocycles. The lowest BCUT2D eigenvalue weighted by atomic mass is 10.2. The van der Waals surface area contributed by atoms with Gasteiger partial charge >= 0.3 is 0 Å². The molecule has 0 amide bonds. The second kappa shape index (κ2) is 5.79. The van der Waals surface area contributed by atoms with Crippen LogP contribution in [0.25, 0.3) is 10.9 Å². The van der Waals surface area contributed by atoms with Crippen molar-refractivity contribution in [3.8, 4) is 5.75 Å². The van der Waals surface area contributed by atoms with Crippen molar-refractivity contribution in [2.45, 2.75) is 26.5 Å². The lowest BCUT2D eigenvalue weighted by molar-refractivity contribution is 0.306. The third kappa shape index (κ3) is 2.82. The summed E-state index contributed by atoms with van der Waals surface area (Å²) >= 11 is 0. The molecule has 22 heavy (non-hydrogen) atoms. The van der Waals surface area contributed by atoms with E-state index in [1.165, 1.54) is 24.3 Å². The third-order valence-corrected chi connectivity index (χ3v) is 3.64. The van der Waals surface area contributed by atoms with Gasteiger partial charge in [0.1, 0.15) is 24.0 Å². The smallest absolute Gasteiger partial charge is 0.125 e. The van der Waals surface area contributed by atoms with Gasteiger partial charge in [-0.05, 0) is 56.3 Å². The molecule has 2 nitrogen and oxygen atoms in total. The number of halogens is 2. The van der Waals surface area contributed by atoms with Crippen LogP contribution in [0.4, 0.5) is 8.78 Å². The van der Waals surface area contributed by atoms with E-state index in [9.17, 15) is 8.78 Å². The third-order valence-electron chi connectivity index (χ3n) is 3.64. The molecule has 1 aromatic heterocycles. The fourth-order valence-electron chi connectivity index (χ4n) is 2.53. The quantitative estimate of drug-likeness (QED) is 0.655. The highest BCUT2D eigenvalue weighted by atomic mass is 19.1. The summed E-state index contributed by atoms with van der Waals surface area (Å²) in [4.78, 5) is 0. The molecular weight excluding hydrogens is 284 g/mol. The Balaban J connectivity index is 1.91. The molecule has 0 fully saturated rings. The van der Waals surface area contributed by atoms with Crippen molar-refractivity contribution < 1.29 is 13.5 Å². The van der Waals surface area contributed by atoms with Gasteiger partial charge in [0.2, 0.25) is 0 Å². The highest BCUT2D eigenvalue weighted by Crippen LogP contribution is 2.26. The molecule has 1 heterocycles. The molecule has 0 N–H and O–H groups in total. The number of rotatable bonds is 4. The average molecular weight is 301 g/mol. The second-order valence-electron chi connectivity index (χ2n) is 5.56. The number of nitrogens with zero attached hydrogens (tertiary/aromatic N) is 1. The molecule has 114 valence electrons. The van der Waals surface area contributed by atoms with Crippen molar-refractivity contribution in [3.63, 3.8) is 0 Å². The van der Waals surface area contributed by atoms with E-state index in [2.05, 4.69) is 13.8 Å². The molecule has 0 spiro atoms. The van der Waals surface area contributed by atoms with E-state index in [1.807, 2.05) is 10.8 Å². The van der Waals surface area contributed by atoms with E-state index < -0.39 is 0 Å². The minimum absolute atomic E-state index is 0.226. The van der Waals surface area contributed by atoms with Crippen LogP contribution in [-0.2, 0) is 6.61 Å². The van der Waals surface area contributed by atoms with Crippen LogP contribution in [0, 0.1) is 11.6 Å². The van der Waals surface area contributed by atoms with Gasteiger partial charge in [-0.3, -0.25) is 0 Å². The largest absolute Gasteiger partial charge is 0.489 e. The van der Waals surface area contributed by atoms with E-state index >= 15 is 0 Å². The van der Waals surface area contributed by atoms with E-state index in [0.717, 1.165) is 16.5 Å². The van der Waals surface area contributed by atoms with Crippen molar-refractivity contribution >= 4 is 10.9 Å². The van der Waals surface area contributed by atoms with Gasteiger partial charge in [-0.1, -0.05) is 0 Å². The SMILES string of the molecule is CC(C)n1cc(COc2ccc(F)cc2)c2ccc(F)cc21. The van der Waals surface area contributed by atoms with Crippen molar-refractivity contribution in [2.75, 3.05) is 0 Å². The van der Waals surface area contributed by atoms with Gasteiger partial charge in [-0.25, -0.2) is 8.78 Å². The zero-order valence-corrected chi connectivity index (χ0v) is 12.5. The predicted octanol–water partition coefficient (Wildman–Crippen LogP) is 5.08. The fourth-order valence-corrected chi connectivity index (χ4v) is 2.53. The summed E-state index contributed by atoms with van der Waals surface area (Å²) in [5.41, 5.74) is 1.83. The Bertz CT molecular complexity index is 791. The van der Waals surface area contributed by atoms with Crippen molar-refractivity contribution in [3.05, 3.63) is 65.9 Å². The number of fused-ring (bicyclic) bond motifs is 1. The van der Waals surface area contributed by atoms with Gasteiger partial charge in [0.05, 0.1) is 5.52 Å². The summed E-state index contributed by atoms with van der Waals surface area (Å²) in [5.74, 6) is 0.0618. The summed E-state index contributed by atoms with van der Waals surface area (Å²) < 4.78 is 34.1. The Morgan fingerprint density at radius 3 is 2.36 bits per heavy atom. The average Bonchev–Trinajstić information content (AvgIpc) is 2.85. The standard InChI is InChI=1S/C18H17F2NO/c1-12(2)21-10-13(17-8-5-15(20)9-18(17)21)11-22-16-6-3-14(19)4-7-16/h3-10,12H,11H2,1-2H3. The first-order chi connectivity index (χ1) is 10.5. The molecule has 0 radical (unpaired) electrons. The summed E-state index contributed by atoms with van der Waals surface area (Å²) in [6.45, 7) is 4.46. The van der Waals surface area contributed by atoms with Crippen LogP contribution in [0.1, 0.15) is 25.5 Å². The summed E-state index contributed by atoms with van der Waals surface area (Å²) in [6.07, 6.45) is 1.98. The molecule has 3 aromatic rings. The molecule has 3 rings (SSSR count). The van der Waals surface area contributed by atoms with Gasteiger partial charge in [0, 0.05) is 23.2 Å². The normalized spacial score (nSPS) is 11.3. The Kier molecular flexibility index (Phi) is 3.84. The van der Waals surface area contributed by atoms with Crippen molar-refractivity contribution in [1.29, 1.82) is 0 Å². The first-order valence-corrected chi connectivity index (χ1v) is 7.22. The first kappa shape index (κ1) is 14.6. The van der Waals surface area contributed by atoms with E-state index in [1.54, 1.807) is 18.2 Å². The second-order valence-corrected chi connectivity index (χ2v) is 5.56. The Labute approximate surface area is 127 Å². The maximum atomic E-state index is 13.5. The fraction of sp³-hybridized carbons (Fsp3) is 0.222. The lowest BCUT2D eigenvalue weighted by Gasteiger charge is -2.08. The Morgan fingerprint density at radius 1 is 1.00 bits per heavy atom. The molecular formula is C18H17F2NO. The maximum Gasteiger partial charge on any atom is 0.125 e. The van der Waals surface area contributed by atoms with Crippen LogP contribution in [0.5, 0.6) is 5.75 Å². The molecule has 2 aromatic carbocycles. The molecule has 0 aliphatic rings. The minimum atomic E-state index is -0.292. The topological polar surface area (TPSA) is 14.2 Å². The number of ether oxygens (including phenoxy) is 1. The van der Waals surface area contributed by atoms with Gasteiger partial charge in [0.25, 0.3) is 0 Å². The number of hydrogen-bond donors (Lipinski definition) is 0. The monoisotopic (exact) mass is 301 g/mol. The number of hydrogen-bond acceptors (Lipinski definition) is 1. The maximum absolute atomic E-state index is 13.5. The molecule has 0 aliphatic carbocycles. The zero-order valence-electron chi connectivity index (χ0n) is 12.5. The van der Waals surface area contributed by atoms with E-state index in [0.29, 0.717) is 12.4 Å². The molecule has 0 saturated heterocycles. The molecule has 0 bridgehead atoms. The van der Waals surface area contributed by atoms with E-state index in [-0.39, 0.29) is 17.7 Å². The van der Waals surface area contributed by atoms with E-state index in [4.69, 9.17) is 4.74 Å². The van der Waals surface area contributed by atoms with Crippen LogP contribution in [0.3, 0.4) is 0 Å². The van der Waals surface area contributed by atoms with Crippen LogP contribution < -0.4 is 4.74 Å². The van der Waals surface area contributed by atoms with Gasteiger partial charge in [0.15, 0.2) is 0 Å². The van der Waals surface area contributed by atoms with Crippen LogP contribution in [0.2, 0.25) is 0 Å². The van der Waals surface area contributed by atoms with Gasteiger partial charge in [-0.15, -0.1) is 0 Å². The summed E-state index contributed by atoms with van der Waals surface area (Å²) in [7, 11) is 0. The van der Waals surface area contributed by atoms with Crippen molar-refractivity contribution in [2.24, 2.45) is 0 Å². The predicted molar refractivity (Wildman–Crippen MR) is 83.0 cm³/mol. The minimum Gasteiger partial charge on any atom is -0.489 e. The van der Waals surface area contributed by atoms with Gasteiger partial charge < -0.3 is 9.30 Å². The van der Waals surface area contributed by atoms with Crippen LogP contribution >= 0.6 is 0 Å². The first-order valence-electron chi connectivity index (χ1n) is 7.22. The highest BCUT2D eigenvalue weighted by molar-refractivity contribution is 5.84. The summed E-state index contributed by atoms with van der Waals surface area (Å²) in [6, 6.07) is 10.9. The Morgan fingerprint density at radius 2 is 1.68 bits per heavy atom. The zero-order chi connectivity index (χ0) is 15.7. The molecule has 0 unspecified atom stereocenters. The molecule has 4 heteroatoms. The van der Waals surface area contributed by atoms with Crippen molar-refractivity contribution in [1.82, 2.24) is 4.57 Å². The van der Waals surface area contributed by atoms with Crippen LogP contribution in [-0.4, -0.2) is 4.57 Å². The lowest BCUT2D eigenvalue weighted by Crippen LogP contribution is -1.98. The molecule has 0 atom stereocenters. The Hall–Kier alpha value is -2.36. The number of benzene rings is 2. The molecule has 0 aliphatic heterocycles.